The highest BCUT2D eigenvalue weighted by Gasteiger charge is 2.30. The number of aromatic nitrogens is 2. The van der Waals surface area contributed by atoms with E-state index in [-0.39, 0.29) is 0 Å². The molecule has 0 saturated carbocycles. The molecule has 0 radical (unpaired) electrons. The van der Waals surface area contributed by atoms with Crippen LogP contribution in [0.5, 0.6) is 0 Å². The Labute approximate surface area is 543 Å². The van der Waals surface area contributed by atoms with Gasteiger partial charge in [0.2, 0.25) is 0 Å². The van der Waals surface area contributed by atoms with E-state index in [0.29, 0.717) is 0 Å². The van der Waals surface area contributed by atoms with Gasteiger partial charge < -0.3 is 18.9 Å². The molecule has 436 valence electrons. The molecule has 16 aromatic carbocycles. The highest BCUT2D eigenvalue weighted by atomic mass is 15.2. The molecule has 0 N–H and O–H groups in total. The lowest BCUT2D eigenvalue weighted by atomic mass is 9.88. The minimum atomic E-state index is 1.07. The van der Waals surface area contributed by atoms with E-state index in [1.165, 1.54) is 137 Å². The lowest BCUT2D eigenvalue weighted by Gasteiger charge is -2.26. The van der Waals surface area contributed by atoms with Crippen molar-refractivity contribution in [2.45, 2.75) is 0 Å². The summed E-state index contributed by atoms with van der Waals surface area (Å²) in [7, 11) is 0. The molecule has 2 heterocycles. The van der Waals surface area contributed by atoms with Crippen LogP contribution in [0.25, 0.3) is 154 Å². The van der Waals surface area contributed by atoms with Crippen molar-refractivity contribution in [3.63, 3.8) is 0 Å². The quantitative estimate of drug-likeness (QED) is 0.127. The SMILES string of the molecule is c1ccc(-c2ccc3c4c2-c2ccccc2-c2cccc5ccc(c4c25)n3-c2cccc(N(c3ccccc3)c3ccc(-c4ccc5c(c4)-c4cccc6c7ccccc7c7c(c46)c4c-5cccc4n7-c4cccc(N(c5ccccc5)c5ccccc5)c4)cc3)c2)cc1. The summed E-state index contributed by atoms with van der Waals surface area (Å²) in [4.78, 5) is 4.76. The fourth-order valence-electron chi connectivity index (χ4n) is 16.2. The summed E-state index contributed by atoms with van der Waals surface area (Å²) in [6.07, 6.45) is 0. The molecule has 2 aromatic heterocycles. The molecule has 0 saturated heterocycles. The van der Waals surface area contributed by atoms with Gasteiger partial charge in [0.1, 0.15) is 0 Å². The molecule has 94 heavy (non-hydrogen) atoms. The average Bonchev–Trinajstić information content (AvgIpc) is 1.51. The largest absolute Gasteiger partial charge is 0.310 e. The third-order valence-corrected chi connectivity index (χ3v) is 20.1. The lowest BCUT2D eigenvalue weighted by molar-refractivity contribution is 1.17. The van der Waals surface area contributed by atoms with Gasteiger partial charge >= 0.3 is 0 Å². The average molecular weight is 1190 g/mol. The topological polar surface area (TPSA) is 16.3 Å². The van der Waals surface area contributed by atoms with Crippen LogP contribution in [-0.4, -0.2) is 9.13 Å². The van der Waals surface area contributed by atoms with Gasteiger partial charge in [-0.05, 0) is 192 Å². The number of para-hydroxylation sites is 3. The van der Waals surface area contributed by atoms with Gasteiger partial charge in [-0.25, -0.2) is 0 Å². The number of rotatable bonds is 10. The van der Waals surface area contributed by atoms with Gasteiger partial charge in [-0.3, -0.25) is 0 Å². The van der Waals surface area contributed by atoms with E-state index in [2.05, 4.69) is 359 Å². The highest BCUT2D eigenvalue weighted by molar-refractivity contribution is 6.38. The maximum atomic E-state index is 2.54. The van der Waals surface area contributed by atoms with Crippen molar-refractivity contribution >= 4 is 110 Å². The zero-order valence-corrected chi connectivity index (χ0v) is 51.1. The second kappa shape index (κ2) is 20.5. The Bertz CT molecular complexity index is 6100. The Hall–Kier alpha value is -12.5. The van der Waals surface area contributed by atoms with Crippen LogP contribution in [0.3, 0.4) is 0 Å². The molecule has 4 heteroatoms. The summed E-state index contributed by atoms with van der Waals surface area (Å²) in [5, 5.41) is 12.7. The van der Waals surface area contributed by atoms with Gasteiger partial charge in [-0.1, -0.05) is 231 Å². The zero-order chi connectivity index (χ0) is 61.5. The Morgan fingerprint density at radius 3 is 1.36 bits per heavy atom. The smallest absolute Gasteiger partial charge is 0.0626 e. The monoisotopic (exact) mass is 1190 g/mol. The zero-order valence-electron chi connectivity index (χ0n) is 51.1. The van der Waals surface area contributed by atoms with Crippen LogP contribution in [0.4, 0.5) is 34.1 Å². The summed E-state index contributed by atoms with van der Waals surface area (Å²) >= 11 is 0. The maximum absolute atomic E-state index is 2.54. The van der Waals surface area contributed by atoms with Crippen molar-refractivity contribution in [2.75, 3.05) is 9.80 Å². The van der Waals surface area contributed by atoms with E-state index in [1.54, 1.807) is 0 Å². The van der Waals surface area contributed by atoms with Gasteiger partial charge in [-0.2, -0.15) is 0 Å². The van der Waals surface area contributed by atoms with Gasteiger partial charge in [0.05, 0.1) is 22.1 Å². The lowest BCUT2D eigenvalue weighted by Crippen LogP contribution is -2.10. The van der Waals surface area contributed by atoms with Crippen molar-refractivity contribution in [3.8, 4) is 78.1 Å². The molecular weight excluding hydrogens is 1140 g/mol. The molecule has 0 spiro atoms. The van der Waals surface area contributed by atoms with Gasteiger partial charge in [0, 0.05) is 83.4 Å². The molecule has 0 aliphatic heterocycles. The summed E-state index contributed by atoms with van der Waals surface area (Å²) in [5.41, 5.74) is 28.3. The van der Waals surface area contributed by atoms with Crippen molar-refractivity contribution in [1.29, 1.82) is 0 Å². The molecular formula is C90H56N4. The fourth-order valence-corrected chi connectivity index (χ4v) is 16.2. The van der Waals surface area contributed by atoms with E-state index in [0.717, 1.165) is 51.1 Å². The number of benzene rings is 16. The predicted octanol–water partition coefficient (Wildman–Crippen LogP) is 24.9. The van der Waals surface area contributed by atoms with Crippen LogP contribution in [-0.2, 0) is 0 Å². The van der Waals surface area contributed by atoms with Crippen molar-refractivity contribution in [2.24, 2.45) is 0 Å². The second-order valence-electron chi connectivity index (χ2n) is 25.0. The van der Waals surface area contributed by atoms with Crippen LogP contribution >= 0.6 is 0 Å². The molecule has 0 bridgehead atoms. The number of nitrogens with zero attached hydrogens (tertiary/aromatic N) is 4. The minimum absolute atomic E-state index is 1.07. The number of hydrogen-bond donors (Lipinski definition) is 0. The third kappa shape index (κ3) is 7.68. The summed E-state index contributed by atoms with van der Waals surface area (Å²) in [5.74, 6) is 0. The number of fused-ring (bicyclic) bond motifs is 9. The first-order valence-electron chi connectivity index (χ1n) is 32.5. The first-order chi connectivity index (χ1) is 46.7. The molecule has 0 unspecified atom stereocenters. The molecule has 0 atom stereocenters. The normalized spacial score (nSPS) is 12.0. The van der Waals surface area contributed by atoms with Crippen LogP contribution < -0.4 is 9.80 Å². The van der Waals surface area contributed by atoms with Crippen LogP contribution in [0.15, 0.2) is 340 Å². The third-order valence-electron chi connectivity index (χ3n) is 20.1. The Balaban J connectivity index is 0.723. The van der Waals surface area contributed by atoms with E-state index >= 15 is 0 Å². The Morgan fingerprint density at radius 2 is 0.670 bits per heavy atom. The van der Waals surface area contributed by atoms with Crippen molar-refractivity contribution in [1.82, 2.24) is 9.13 Å². The number of anilines is 6. The first kappa shape index (κ1) is 52.3. The molecule has 0 amide bonds. The van der Waals surface area contributed by atoms with E-state index in [1.807, 2.05) is 0 Å². The van der Waals surface area contributed by atoms with Gasteiger partial charge in [-0.15, -0.1) is 0 Å². The predicted molar refractivity (Wildman–Crippen MR) is 397 cm³/mol. The van der Waals surface area contributed by atoms with Crippen molar-refractivity contribution < 1.29 is 0 Å². The van der Waals surface area contributed by atoms with Crippen molar-refractivity contribution in [3.05, 3.63) is 340 Å². The Kier molecular flexibility index (Phi) is 11.4. The molecule has 2 aliphatic carbocycles. The molecule has 4 nitrogen and oxygen atoms in total. The first-order valence-corrected chi connectivity index (χ1v) is 32.5. The van der Waals surface area contributed by atoms with E-state index in [4.69, 9.17) is 0 Å². The fraction of sp³-hybridized carbons (Fsp3) is 0. The van der Waals surface area contributed by atoms with Gasteiger partial charge in [0.15, 0.2) is 0 Å². The summed E-state index contributed by atoms with van der Waals surface area (Å²) in [6, 6.07) is 126. The summed E-state index contributed by atoms with van der Waals surface area (Å²) in [6.45, 7) is 0. The van der Waals surface area contributed by atoms with E-state index in [9.17, 15) is 0 Å². The minimum Gasteiger partial charge on any atom is -0.310 e. The second-order valence-corrected chi connectivity index (χ2v) is 25.0. The molecule has 20 rings (SSSR count). The maximum Gasteiger partial charge on any atom is 0.0626 e. The standard InChI is InChI=1S/C90H56N4/c1-5-22-58(23-6-1)69-51-53-82-88-84(69)74-37-15-13-35-70(74)73-39-17-24-59-47-52-81(87(88)83(59)73)93(82)67-33-18-31-65(55-67)92(63-29-11-4-12-30-63)64-48-44-57(45-49-64)60-46-50-72-76-42-21-43-80-86(76)89-85-75(40-20-41-77(85)79(72)54-60)71-36-14-16-38-78(71)90(89)94(80)68-34-19-32-66(56-68)91(61-25-7-2-8-26-61)62-27-9-3-10-28-62/h1-56H. The number of hydrogen-bond acceptors (Lipinski definition) is 2. The van der Waals surface area contributed by atoms with Crippen LogP contribution in [0.1, 0.15) is 0 Å². The Morgan fingerprint density at radius 1 is 0.202 bits per heavy atom. The van der Waals surface area contributed by atoms with Crippen LogP contribution in [0.2, 0.25) is 0 Å². The molecule has 0 fully saturated rings. The molecule has 2 aliphatic rings. The van der Waals surface area contributed by atoms with Gasteiger partial charge in [0.25, 0.3) is 0 Å². The highest BCUT2D eigenvalue weighted by Crippen LogP contribution is 2.55. The van der Waals surface area contributed by atoms with Crippen LogP contribution in [0, 0.1) is 0 Å². The van der Waals surface area contributed by atoms with E-state index < -0.39 is 0 Å². The summed E-state index contributed by atoms with van der Waals surface area (Å²) < 4.78 is 5.05. The molecule has 18 aromatic rings.